The Hall–Kier alpha value is -2.42. The van der Waals surface area contributed by atoms with Gasteiger partial charge in [-0.1, -0.05) is 70.6 Å². The maximum atomic E-state index is 5.66. The summed E-state index contributed by atoms with van der Waals surface area (Å²) >= 11 is 9.12. The summed E-state index contributed by atoms with van der Waals surface area (Å²) in [5.74, 6) is 0.765. The molecule has 0 amide bonds. The summed E-state index contributed by atoms with van der Waals surface area (Å²) in [4.78, 5) is 0. The van der Waals surface area contributed by atoms with Gasteiger partial charge >= 0.3 is 0 Å². The van der Waals surface area contributed by atoms with Gasteiger partial charge in [0.25, 0.3) is 0 Å². The lowest BCUT2D eigenvalue weighted by atomic mass is 10.2. The van der Waals surface area contributed by atoms with E-state index >= 15 is 0 Å². The van der Waals surface area contributed by atoms with Gasteiger partial charge in [-0.3, -0.25) is 9.69 Å². The zero-order valence-electron chi connectivity index (χ0n) is 13.8. The fourth-order valence-electron chi connectivity index (χ4n) is 2.80. The number of halogens is 1. The predicted molar refractivity (Wildman–Crippen MR) is 108 cm³/mol. The Labute approximate surface area is 164 Å². The molecule has 1 aromatic heterocycles. The molecular weight excluding hydrogens is 412 g/mol. The summed E-state index contributed by atoms with van der Waals surface area (Å²) in [6.07, 6.45) is 1.90. The molecule has 0 saturated carbocycles. The first-order chi connectivity index (χ1) is 12.7. The van der Waals surface area contributed by atoms with Gasteiger partial charge in [-0.05, 0) is 23.3 Å². The highest BCUT2D eigenvalue weighted by Crippen LogP contribution is 2.16. The molecule has 4 rings (SSSR count). The predicted octanol–water partition coefficient (Wildman–Crippen LogP) is 3.54. The summed E-state index contributed by atoms with van der Waals surface area (Å²) in [6.45, 7) is 1.36. The summed E-state index contributed by atoms with van der Waals surface area (Å²) in [6, 6.07) is 18.4. The van der Waals surface area contributed by atoms with Gasteiger partial charge < -0.3 is 5.10 Å². The molecule has 0 unspecified atom stereocenters. The van der Waals surface area contributed by atoms with Crippen LogP contribution in [-0.2, 0) is 13.1 Å². The zero-order valence-corrected chi connectivity index (χ0v) is 16.2. The summed E-state index contributed by atoms with van der Waals surface area (Å²) in [5.41, 5.74) is 9.11. The van der Waals surface area contributed by atoms with Crippen LogP contribution in [0.5, 0.6) is 0 Å². The van der Waals surface area contributed by atoms with E-state index in [1.807, 2.05) is 46.2 Å². The number of hydrogen-bond acceptors (Lipinski definition) is 5. The second-order valence-corrected chi connectivity index (χ2v) is 7.24. The van der Waals surface area contributed by atoms with Crippen LogP contribution in [0.15, 0.2) is 70.4 Å². The van der Waals surface area contributed by atoms with Crippen LogP contribution in [0.25, 0.3) is 0 Å². The minimum Gasteiger partial charge on any atom is -0.304 e. The van der Waals surface area contributed by atoms with Crippen molar-refractivity contribution in [2.45, 2.75) is 13.1 Å². The van der Waals surface area contributed by atoms with E-state index in [1.165, 1.54) is 5.56 Å². The van der Waals surface area contributed by atoms with E-state index < -0.39 is 0 Å². The number of nitrogens with one attached hydrogen (secondary N) is 3. The van der Waals surface area contributed by atoms with Crippen molar-refractivity contribution >= 4 is 34.0 Å². The number of hydrazone groups is 1. The summed E-state index contributed by atoms with van der Waals surface area (Å²) in [7, 11) is 0. The molecular formula is C18H17BrN6S. The molecule has 0 spiro atoms. The van der Waals surface area contributed by atoms with E-state index in [-0.39, 0.29) is 0 Å². The molecule has 0 radical (unpaired) electrons. The third-order valence-electron chi connectivity index (χ3n) is 4.12. The summed E-state index contributed by atoms with van der Waals surface area (Å²) < 4.78 is 3.72. The first-order valence-corrected chi connectivity index (χ1v) is 9.33. The third kappa shape index (κ3) is 3.57. The van der Waals surface area contributed by atoms with Gasteiger partial charge in [-0.15, -0.1) is 10.6 Å². The lowest BCUT2D eigenvalue weighted by molar-refractivity contribution is 0.288. The van der Waals surface area contributed by atoms with Crippen molar-refractivity contribution in [2.75, 3.05) is 0 Å². The molecule has 6 nitrogen and oxygen atoms in total. The highest BCUT2D eigenvalue weighted by molar-refractivity contribution is 9.10. The van der Waals surface area contributed by atoms with Crippen molar-refractivity contribution in [2.24, 2.45) is 5.10 Å². The van der Waals surface area contributed by atoms with E-state index in [0.717, 1.165) is 26.1 Å². The second-order valence-electron chi connectivity index (χ2n) is 5.94. The van der Waals surface area contributed by atoms with Crippen LogP contribution in [0.4, 0.5) is 0 Å². The van der Waals surface area contributed by atoms with Crippen molar-refractivity contribution in [3.8, 4) is 0 Å². The lowest BCUT2D eigenvalue weighted by Gasteiger charge is -2.18. The van der Waals surface area contributed by atoms with Crippen molar-refractivity contribution in [3.63, 3.8) is 0 Å². The number of amidine groups is 1. The standard InChI is InChI=1S/C18H17BrN6S/c19-15-8-6-14(7-9-15)11-24-17(21-22-23-24)16-10-20-25(18(16)26)12-13-4-2-1-3-5-13/h1-10,20,22-23H,11-12H2. The SMILES string of the molecule is S=c1c(C2=NNNN2Cc2ccc(Br)cc2)c[nH]n1Cc1ccccc1. The number of benzene rings is 2. The maximum Gasteiger partial charge on any atom is 0.177 e. The number of hydrazine groups is 2. The Morgan fingerprint density at radius 2 is 1.69 bits per heavy atom. The molecule has 3 aromatic rings. The molecule has 0 atom stereocenters. The number of rotatable bonds is 5. The molecule has 0 fully saturated rings. The largest absolute Gasteiger partial charge is 0.304 e. The van der Waals surface area contributed by atoms with E-state index in [2.05, 4.69) is 61.5 Å². The van der Waals surface area contributed by atoms with Crippen LogP contribution in [0.3, 0.4) is 0 Å². The number of hydrogen-bond donors (Lipinski definition) is 3. The molecule has 8 heteroatoms. The second kappa shape index (κ2) is 7.45. The molecule has 26 heavy (non-hydrogen) atoms. The van der Waals surface area contributed by atoms with Crippen molar-refractivity contribution in [3.05, 3.63) is 86.6 Å². The highest BCUT2D eigenvalue weighted by atomic mass is 79.9. The quantitative estimate of drug-likeness (QED) is 0.543. The molecule has 1 aliphatic heterocycles. The molecule has 0 bridgehead atoms. The monoisotopic (exact) mass is 428 g/mol. The summed E-state index contributed by atoms with van der Waals surface area (Å²) in [5, 5.41) is 9.53. The van der Waals surface area contributed by atoms with Crippen LogP contribution in [0.2, 0.25) is 0 Å². The van der Waals surface area contributed by atoms with Gasteiger partial charge in [0, 0.05) is 10.7 Å². The number of nitrogens with zero attached hydrogens (tertiary/aromatic N) is 3. The first kappa shape index (κ1) is 17.0. The van der Waals surface area contributed by atoms with E-state index in [4.69, 9.17) is 12.2 Å². The Kier molecular flexibility index (Phi) is 4.87. The normalized spacial score (nSPS) is 13.6. The molecule has 1 aliphatic rings. The van der Waals surface area contributed by atoms with E-state index in [1.54, 1.807) is 0 Å². The van der Waals surface area contributed by atoms with Crippen LogP contribution in [-0.4, -0.2) is 20.6 Å². The Balaban J connectivity index is 1.55. The van der Waals surface area contributed by atoms with Crippen molar-refractivity contribution in [1.29, 1.82) is 0 Å². The Bertz CT molecular complexity index is 977. The number of aromatic nitrogens is 2. The minimum absolute atomic E-state index is 0.664. The van der Waals surface area contributed by atoms with Crippen LogP contribution < -0.4 is 11.1 Å². The van der Waals surface area contributed by atoms with E-state index in [0.29, 0.717) is 13.1 Å². The van der Waals surface area contributed by atoms with Gasteiger partial charge in [-0.2, -0.15) is 0 Å². The molecule has 0 saturated heterocycles. The maximum absolute atomic E-state index is 5.66. The van der Waals surface area contributed by atoms with Crippen molar-refractivity contribution < 1.29 is 0 Å². The van der Waals surface area contributed by atoms with Crippen LogP contribution >= 0.6 is 28.1 Å². The highest BCUT2D eigenvalue weighted by Gasteiger charge is 2.22. The van der Waals surface area contributed by atoms with Crippen LogP contribution in [0.1, 0.15) is 16.7 Å². The van der Waals surface area contributed by atoms with Gasteiger partial charge in [0.05, 0.1) is 18.7 Å². The van der Waals surface area contributed by atoms with Gasteiger partial charge in [0.15, 0.2) is 5.84 Å². The van der Waals surface area contributed by atoms with Gasteiger partial charge in [0.2, 0.25) is 0 Å². The minimum atomic E-state index is 0.664. The Morgan fingerprint density at radius 1 is 0.962 bits per heavy atom. The average Bonchev–Trinajstić information content (AvgIpc) is 3.25. The number of H-pyrrole nitrogens is 1. The van der Waals surface area contributed by atoms with Gasteiger partial charge in [0.1, 0.15) is 4.64 Å². The first-order valence-electron chi connectivity index (χ1n) is 8.13. The van der Waals surface area contributed by atoms with Gasteiger partial charge in [-0.25, -0.2) is 5.53 Å². The molecule has 2 heterocycles. The molecule has 132 valence electrons. The van der Waals surface area contributed by atoms with E-state index in [9.17, 15) is 0 Å². The van der Waals surface area contributed by atoms with Crippen molar-refractivity contribution in [1.82, 2.24) is 25.9 Å². The molecule has 0 aliphatic carbocycles. The fraction of sp³-hybridized carbons (Fsp3) is 0.111. The molecule has 3 N–H and O–H groups in total. The Morgan fingerprint density at radius 3 is 2.46 bits per heavy atom. The topological polar surface area (TPSA) is 60.4 Å². The average molecular weight is 429 g/mol. The van der Waals surface area contributed by atoms with Crippen LogP contribution in [0, 0.1) is 4.64 Å². The third-order valence-corrected chi connectivity index (χ3v) is 5.09. The molecule has 2 aromatic carbocycles. The lowest BCUT2D eigenvalue weighted by Crippen LogP contribution is -2.40. The number of aromatic amines is 1. The smallest absolute Gasteiger partial charge is 0.177 e. The zero-order chi connectivity index (χ0) is 17.9. The fourth-order valence-corrected chi connectivity index (χ4v) is 3.33.